The average Bonchev–Trinajstić information content (AvgIpc) is 2.45. The monoisotopic (exact) mass is 442 g/mol. The first-order valence-corrected chi connectivity index (χ1v) is 8.63. The van der Waals surface area contributed by atoms with E-state index in [1.807, 2.05) is 19.1 Å². The smallest absolute Gasteiger partial charge is 0.238 e. The van der Waals surface area contributed by atoms with E-state index in [-0.39, 0.29) is 18.3 Å². The molecule has 0 aromatic heterocycles. The quantitative estimate of drug-likeness (QED) is 0.724. The molecule has 1 N–H and O–H groups in total. The zero-order valence-electron chi connectivity index (χ0n) is 12.9. The zero-order chi connectivity index (χ0) is 17.0. The molecule has 0 saturated heterocycles. The Morgan fingerprint density at radius 2 is 1.83 bits per heavy atom. The lowest BCUT2D eigenvalue weighted by Gasteiger charge is -2.18. The summed E-state index contributed by atoms with van der Waals surface area (Å²) in [5.74, 6) is -0.419. The van der Waals surface area contributed by atoms with Gasteiger partial charge in [0.05, 0.1) is 12.2 Å². The zero-order valence-corrected chi connectivity index (χ0v) is 16.0. The molecule has 122 valence electrons. The van der Waals surface area contributed by atoms with Gasteiger partial charge in [0.1, 0.15) is 5.82 Å². The summed E-state index contributed by atoms with van der Waals surface area (Å²) in [7, 11) is 1.78. The standard InChI is InChI=1S/C17H17Br2FN2O/c1-11-7-13(18)17(14(19)8-11)21-16(23)10-22(2)9-12-5-3-4-6-15(12)20/h3-8H,9-10H2,1-2H3,(H,21,23). The topological polar surface area (TPSA) is 32.3 Å². The molecule has 6 heteroatoms. The first-order valence-electron chi connectivity index (χ1n) is 7.04. The van der Waals surface area contributed by atoms with Crippen molar-refractivity contribution < 1.29 is 9.18 Å². The van der Waals surface area contributed by atoms with E-state index in [0.29, 0.717) is 17.8 Å². The fraction of sp³-hybridized carbons (Fsp3) is 0.235. The number of benzene rings is 2. The number of aryl methyl sites for hydroxylation is 1. The first kappa shape index (κ1) is 18.1. The minimum atomic E-state index is -0.260. The third-order valence-corrected chi connectivity index (χ3v) is 4.51. The van der Waals surface area contributed by atoms with Crippen LogP contribution in [-0.4, -0.2) is 24.4 Å². The Labute approximate surface area is 152 Å². The van der Waals surface area contributed by atoms with Gasteiger partial charge < -0.3 is 5.32 Å². The van der Waals surface area contributed by atoms with Gasteiger partial charge in [0.25, 0.3) is 0 Å². The number of hydrogen-bond acceptors (Lipinski definition) is 2. The molecule has 0 fully saturated rings. The molecule has 2 rings (SSSR count). The summed E-state index contributed by atoms with van der Waals surface area (Å²) in [5.41, 5.74) is 2.35. The average molecular weight is 444 g/mol. The van der Waals surface area contributed by atoms with Crippen LogP contribution in [0.1, 0.15) is 11.1 Å². The molecule has 0 saturated carbocycles. The fourth-order valence-electron chi connectivity index (χ4n) is 2.22. The summed E-state index contributed by atoms with van der Waals surface area (Å²) in [4.78, 5) is 14.0. The van der Waals surface area contributed by atoms with Crippen molar-refractivity contribution >= 4 is 43.5 Å². The van der Waals surface area contributed by atoms with Crippen LogP contribution in [0.4, 0.5) is 10.1 Å². The Morgan fingerprint density at radius 1 is 1.22 bits per heavy atom. The number of rotatable bonds is 5. The van der Waals surface area contributed by atoms with Crippen molar-refractivity contribution in [2.24, 2.45) is 0 Å². The van der Waals surface area contributed by atoms with E-state index >= 15 is 0 Å². The number of nitrogens with one attached hydrogen (secondary N) is 1. The number of carbonyl (C=O) groups is 1. The van der Waals surface area contributed by atoms with Crippen LogP contribution in [-0.2, 0) is 11.3 Å². The number of hydrogen-bond donors (Lipinski definition) is 1. The highest BCUT2D eigenvalue weighted by atomic mass is 79.9. The third-order valence-electron chi connectivity index (χ3n) is 3.26. The third kappa shape index (κ3) is 5.12. The highest BCUT2D eigenvalue weighted by molar-refractivity contribution is 9.11. The van der Waals surface area contributed by atoms with E-state index in [9.17, 15) is 9.18 Å². The van der Waals surface area contributed by atoms with Crippen molar-refractivity contribution in [2.45, 2.75) is 13.5 Å². The Bertz CT molecular complexity index is 698. The van der Waals surface area contributed by atoms with Gasteiger partial charge in [-0.1, -0.05) is 18.2 Å². The molecule has 2 aromatic rings. The van der Waals surface area contributed by atoms with Gasteiger partial charge in [-0.3, -0.25) is 9.69 Å². The summed E-state index contributed by atoms with van der Waals surface area (Å²) >= 11 is 6.90. The molecule has 0 atom stereocenters. The van der Waals surface area contributed by atoms with Crippen molar-refractivity contribution in [2.75, 3.05) is 18.9 Å². The van der Waals surface area contributed by atoms with Crippen molar-refractivity contribution in [1.82, 2.24) is 4.90 Å². The van der Waals surface area contributed by atoms with Crippen LogP contribution in [0.2, 0.25) is 0 Å². The lowest BCUT2D eigenvalue weighted by Crippen LogP contribution is -2.30. The summed E-state index contributed by atoms with van der Waals surface area (Å²) in [6.45, 7) is 2.51. The van der Waals surface area contributed by atoms with E-state index in [2.05, 4.69) is 37.2 Å². The minimum Gasteiger partial charge on any atom is -0.323 e. The molecule has 0 spiro atoms. The Kier molecular flexibility index (Phi) is 6.33. The van der Waals surface area contributed by atoms with Gasteiger partial charge in [-0.15, -0.1) is 0 Å². The van der Waals surface area contributed by atoms with E-state index in [0.717, 1.165) is 14.5 Å². The van der Waals surface area contributed by atoms with Crippen LogP contribution < -0.4 is 5.32 Å². The number of anilines is 1. The van der Waals surface area contributed by atoms with E-state index in [1.165, 1.54) is 6.07 Å². The van der Waals surface area contributed by atoms with Gasteiger partial charge in [-0.05, 0) is 69.6 Å². The molecular weight excluding hydrogens is 427 g/mol. The predicted molar refractivity (Wildman–Crippen MR) is 97.9 cm³/mol. The second-order valence-corrected chi connectivity index (χ2v) is 7.12. The van der Waals surface area contributed by atoms with Gasteiger partial charge in [-0.2, -0.15) is 0 Å². The molecule has 1 amide bonds. The van der Waals surface area contributed by atoms with Crippen LogP contribution >= 0.6 is 31.9 Å². The maximum absolute atomic E-state index is 13.6. The van der Waals surface area contributed by atoms with E-state index in [1.54, 1.807) is 30.1 Å². The van der Waals surface area contributed by atoms with E-state index < -0.39 is 0 Å². The summed E-state index contributed by atoms with van der Waals surface area (Å²) in [6, 6.07) is 10.4. The number of amides is 1. The van der Waals surface area contributed by atoms with Crippen LogP contribution in [0, 0.1) is 12.7 Å². The molecular formula is C17H17Br2FN2O. The molecule has 2 aromatic carbocycles. The number of carbonyl (C=O) groups excluding carboxylic acids is 1. The molecule has 3 nitrogen and oxygen atoms in total. The highest BCUT2D eigenvalue weighted by Crippen LogP contribution is 2.32. The number of nitrogens with zero attached hydrogens (tertiary/aromatic N) is 1. The Morgan fingerprint density at radius 3 is 2.43 bits per heavy atom. The Balaban J connectivity index is 1.98. The lowest BCUT2D eigenvalue weighted by atomic mass is 10.2. The van der Waals surface area contributed by atoms with Crippen molar-refractivity contribution in [3.8, 4) is 0 Å². The molecule has 0 aliphatic carbocycles. The number of likely N-dealkylation sites (N-methyl/N-ethyl adjacent to an activating group) is 1. The van der Waals surface area contributed by atoms with E-state index in [4.69, 9.17) is 0 Å². The van der Waals surface area contributed by atoms with Crippen LogP contribution in [0.25, 0.3) is 0 Å². The van der Waals surface area contributed by atoms with Crippen LogP contribution in [0.3, 0.4) is 0 Å². The molecule has 0 aliphatic heterocycles. The molecule has 0 radical (unpaired) electrons. The second kappa shape index (κ2) is 8.04. The van der Waals surface area contributed by atoms with Crippen LogP contribution in [0.5, 0.6) is 0 Å². The van der Waals surface area contributed by atoms with Gasteiger partial charge in [0.2, 0.25) is 5.91 Å². The van der Waals surface area contributed by atoms with Crippen molar-refractivity contribution in [1.29, 1.82) is 0 Å². The fourth-order valence-corrected chi connectivity index (χ4v) is 3.83. The van der Waals surface area contributed by atoms with Crippen molar-refractivity contribution in [3.05, 3.63) is 62.3 Å². The minimum absolute atomic E-state index is 0.158. The summed E-state index contributed by atoms with van der Waals surface area (Å²) in [6.07, 6.45) is 0. The molecule has 0 unspecified atom stereocenters. The molecule has 0 bridgehead atoms. The van der Waals surface area contributed by atoms with Crippen LogP contribution in [0.15, 0.2) is 45.3 Å². The summed E-state index contributed by atoms with van der Waals surface area (Å²) in [5, 5.41) is 2.87. The highest BCUT2D eigenvalue weighted by Gasteiger charge is 2.13. The number of halogens is 3. The lowest BCUT2D eigenvalue weighted by molar-refractivity contribution is -0.117. The molecule has 0 aliphatic rings. The van der Waals surface area contributed by atoms with Gasteiger partial charge in [-0.25, -0.2) is 4.39 Å². The van der Waals surface area contributed by atoms with Gasteiger partial charge >= 0.3 is 0 Å². The normalized spacial score (nSPS) is 10.9. The maximum atomic E-state index is 13.6. The largest absolute Gasteiger partial charge is 0.323 e. The second-order valence-electron chi connectivity index (χ2n) is 5.42. The predicted octanol–water partition coefficient (Wildman–Crippen LogP) is 4.73. The van der Waals surface area contributed by atoms with Gasteiger partial charge in [0.15, 0.2) is 0 Å². The molecule has 23 heavy (non-hydrogen) atoms. The SMILES string of the molecule is Cc1cc(Br)c(NC(=O)CN(C)Cc2ccccc2F)c(Br)c1. The first-order chi connectivity index (χ1) is 10.9. The summed E-state index contributed by atoms with van der Waals surface area (Å²) < 4.78 is 15.3. The van der Waals surface area contributed by atoms with Gasteiger partial charge in [0, 0.05) is 21.1 Å². The maximum Gasteiger partial charge on any atom is 0.238 e. The van der Waals surface area contributed by atoms with Crippen molar-refractivity contribution in [3.63, 3.8) is 0 Å². The molecule has 0 heterocycles. The Hall–Kier alpha value is -1.24.